The van der Waals surface area contributed by atoms with Crippen LogP contribution in [0.15, 0.2) is 83.8 Å². The number of ether oxygens (including phenoxy) is 2. The van der Waals surface area contributed by atoms with Crippen LogP contribution in [0.4, 0.5) is 4.39 Å². The van der Waals surface area contributed by atoms with Crippen LogP contribution in [-0.4, -0.2) is 23.4 Å². The van der Waals surface area contributed by atoms with Crippen molar-refractivity contribution in [2.45, 2.75) is 19.3 Å². The highest BCUT2D eigenvalue weighted by atomic mass is 35.5. The number of hydrogen-bond donors (Lipinski definition) is 0. The van der Waals surface area contributed by atoms with E-state index in [1.54, 1.807) is 55.6 Å². The molecular weight excluding hydrogens is 509 g/mol. The Labute approximate surface area is 224 Å². The van der Waals surface area contributed by atoms with Crippen molar-refractivity contribution in [2.24, 2.45) is 7.05 Å². The highest BCUT2D eigenvalue weighted by Gasteiger charge is 2.30. The standard InChI is InChI=1S/C30H25ClFNO5/c1-18-15-20(31)12-13-21(18)23(16-25(34)19-11-14-28(35)33(2)17-19)29-22(30(36)37-3)7-6-10-27(29)38-26-9-5-4-8-24(26)32/h4-15,17,23H,16H2,1-3H3. The number of ketones is 1. The minimum atomic E-state index is -0.700. The van der Waals surface area contributed by atoms with Crippen LogP contribution < -0.4 is 10.3 Å². The van der Waals surface area contributed by atoms with E-state index in [2.05, 4.69) is 0 Å². The minimum absolute atomic E-state index is 0.0354. The number of aryl methyl sites for hydroxylation is 2. The Hall–Kier alpha value is -4.23. The normalized spacial score (nSPS) is 11.6. The number of carbonyl (C=O) groups excluding carboxylic acids is 2. The number of esters is 1. The summed E-state index contributed by atoms with van der Waals surface area (Å²) < 4.78 is 26.9. The van der Waals surface area contributed by atoms with Crippen LogP contribution in [0.2, 0.25) is 5.02 Å². The molecule has 0 aliphatic carbocycles. The summed E-state index contributed by atoms with van der Waals surface area (Å²) in [5.41, 5.74) is 2.13. The SMILES string of the molecule is COC(=O)c1cccc(Oc2ccccc2F)c1C(CC(=O)c1ccc(=O)n(C)c1)c1ccc(Cl)cc1C. The molecule has 38 heavy (non-hydrogen) atoms. The zero-order chi connectivity index (χ0) is 27.4. The summed E-state index contributed by atoms with van der Waals surface area (Å²) in [6, 6.07) is 18.8. The summed E-state index contributed by atoms with van der Waals surface area (Å²) in [6.07, 6.45) is 1.39. The molecule has 0 aliphatic heterocycles. The fourth-order valence-corrected chi connectivity index (χ4v) is 4.61. The highest BCUT2D eigenvalue weighted by molar-refractivity contribution is 6.30. The van der Waals surface area contributed by atoms with E-state index >= 15 is 0 Å². The summed E-state index contributed by atoms with van der Waals surface area (Å²) in [5.74, 6) is -2.02. The van der Waals surface area contributed by atoms with Crippen molar-refractivity contribution < 1.29 is 23.5 Å². The monoisotopic (exact) mass is 533 g/mol. The van der Waals surface area contributed by atoms with Crippen LogP contribution in [0.5, 0.6) is 11.5 Å². The first-order valence-electron chi connectivity index (χ1n) is 11.8. The number of benzene rings is 3. The van der Waals surface area contributed by atoms with Gasteiger partial charge in [-0.2, -0.15) is 0 Å². The lowest BCUT2D eigenvalue weighted by molar-refractivity contribution is 0.0598. The number of halogens is 2. The summed E-state index contributed by atoms with van der Waals surface area (Å²) in [5, 5.41) is 0.512. The largest absolute Gasteiger partial charge is 0.465 e. The number of carbonyl (C=O) groups is 2. The number of hydrogen-bond acceptors (Lipinski definition) is 5. The van der Waals surface area contributed by atoms with Crippen molar-refractivity contribution in [2.75, 3.05) is 7.11 Å². The van der Waals surface area contributed by atoms with Gasteiger partial charge in [-0.3, -0.25) is 9.59 Å². The fourth-order valence-electron chi connectivity index (χ4n) is 4.39. The molecule has 3 aromatic carbocycles. The van der Waals surface area contributed by atoms with E-state index in [0.29, 0.717) is 16.1 Å². The number of methoxy groups -OCH3 is 1. The lowest BCUT2D eigenvalue weighted by Crippen LogP contribution is -2.19. The van der Waals surface area contributed by atoms with Crippen LogP contribution in [-0.2, 0) is 11.8 Å². The first kappa shape index (κ1) is 26.8. The maximum atomic E-state index is 14.6. The topological polar surface area (TPSA) is 74.6 Å². The van der Waals surface area contributed by atoms with Gasteiger partial charge in [-0.1, -0.05) is 35.9 Å². The number of pyridine rings is 1. The molecule has 0 spiro atoms. The van der Waals surface area contributed by atoms with Gasteiger partial charge in [0.05, 0.1) is 12.7 Å². The van der Waals surface area contributed by atoms with Gasteiger partial charge in [-0.25, -0.2) is 9.18 Å². The lowest BCUT2D eigenvalue weighted by atomic mass is 9.81. The van der Waals surface area contributed by atoms with Crippen molar-refractivity contribution in [3.05, 3.63) is 128 Å². The second-order valence-corrected chi connectivity index (χ2v) is 9.23. The molecule has 194 valence electrons. The molecule has 0 aliphatic rings. The molecule has 0 saturated heterocycles. The molecule has 0 bridgehead atoms. The Bertz CT molecular complexity index is 1580. The molecule has 1 atom stereocenters. The van der Waals surface area contributed by atoms with Crippen molar-refractivity contribution in [1.29, 1.82) is 0 Å². The minimum Gasteiger partial charge on any atom is -0.465 e. The van der Waals surface area contributed by atoms with E-state index in [1.165, 1.54) is 42.1 Å². The van der Waals surface area contributed by atoms with E-state index in [4.69, 9.17) is 21.1 Å². The molecule has 1 heterocycles. The maximum Gasteiger partial charge on any atom is 0.338 e. The third kappa shape index (κ3) is 5.68. The summed E-state index contributed by atoms with van der Waals surface area (Å²) in [4.78, 5) is 38.4. The lowest BCUT2D eigenvalue weighted by Gasteiger charge is -2.25. The highest BCUT2D eigenvalue weighted by Crippen LogP contribution is 2.41. The van der Waals surface area contributed by atoms with Gasteiger partial charge in [0.15, 0.2) is 17.3 Å². The van der Waals surface area contributed by atoms with Crippen molar-refractivity contribution in [1.82, 2.24) is 4.57 Å². The Kier molecular flexibility index (Phi) is 8.08. The molecule has 0 amide bonds. The Morgan fingerprint density at radius 1 is 1.00 bits per heavy atom. The van der Waals surface area contributed by atoms with E-state index in [9.17, 15) is 18.8 Å². The molecule has 0 radical (unpaired) electrons. The zero-order valence-corrected chi connectivity index (χ0v) is 21.8. The molecule has 1 aromatic heterocycles. The quantitative estimate of drug-likeness (QED) is 0.192. The molecule has 0 saturated carbocycles. The van der Waals surface area contributed by atoms with Crippen LogP contribution in [0.1, 0.15) is 49.7 Å². The maximum absolute atomic E-state index is 14.6. The van der Waals surface area contributed by atoms with E-state index in [1.807, 2.05) is 6.92 Å². The molecule has 8 heteroatoms. The predicted octanol–water partition coefficient (Wildman–Crippen LogP) is 6.47. The second kappa shape index (κ2) is 11.4. The van der Waals surface area contributed by atoms with Gasteiger partial charge < -0.3 is 14.0 Å². The summed E-state index contributed by atoms with van der Waals surface area (Å²) in [7, 11) is 2.82. The van der Waals surface area contributed by atoms with Gasteiger partial charge in [-0.15, -0.1) is 0 Å². The second-order valence-electron chi connectivity index (χ2n) is 8.79. The third-order valence-corrected chi connectivity index (χ3v) is 6.52. The predicted molar refractivity (Wildman–Crippen MR) is 143 cm³/mol. The molecule has 1 unspecified atom stereocenters. The number of nitrogens with zero attached hydrogens (tertiary/aromatic N) is 1. The van der Waals surface area contributed by atoms with Crippen LogP contribution in [0.25, 0.3) is 0 Å². The molecule has 4 aromatic rings. The first-order valence-corrected chi connectivity index (χ1v) is 12.2. The molecule has 0 N–H and O–H groups in total. The molecular formula is C30H25ClFNO5. The number of para-hydroxylation sites is 1. The van der Waals surface area contributed by atoms with Gasteiger partial charge in [0.25, 0.3) is 0 Å². The van der Waals surface area contributed by atoms with E-state index < -0.39 is 17.7 Å². The zero-order valence-electron chi connectivity index (χ0n) is 21.0. The fraction of sp³-hybridized carbons (Fsp3) is 0.167. The van der Waals surface area contributed by atoms with Gasteiger partial charge >= 0.3 is 5.97 Å². The van der Waals surface area contributed by atoms with E-state index in [-0.39, 0.29) is 34.8 Å². The third-order valence-electron chi connectivity index (χ3n) is 6.28. The molecule has 0 fully saturated rings. The smallest absolute Gasteiger partial charge is 0.338 e. The van der Waals surface area contributed by atoms with Gasteiger partial charge in [0.1, 0.15) is 5.75 Å². The molecule has 6 nitrogen and oxygen atoms in total. The van der Waals surface area contributed by atoms with Crippen LogP contribution in [0, 0.1) is 12.7 Å². The number of rotatable bonds is 8. The van der Waals surface area contributed by atoms with Crippen LogP contribution in [0.3, 0.4) is 0 Å². The van der Waals surface area contributed by atoms with Gasteiger partial charge in [-0.05, 0) is 60.5 Å². The Morgan fingerprint density at radius 2 is 1.74 bits per heavy atom. The number of Topliss-reactive ketones (excluding diaryl/α,β-unsaturated/α-hetero) is 1. The van der Waals surface area contributed by atoms with Crippen molar-refractivity contribution in [3.63, 3.8) is 0 Å². The van der Waals surface area contributed by atoms with E-state index in [0.717, 1.165) is 11.1 Å². The average molecular weight is 534 g/mol. The summed E-state index contributed by atoms with van der Waals surface area (Å²) in [6.45, 7) is 1.85. The van der Waals surface area contributed by atoms with Crippen LogP contribution >= 0.6 is 11.6 Å². The van der Waals surface area contributed by atoms with Gasteiger partial charge in [0, 0.05) is 47.8 Å². The number of aromatic nitrogens is 1. The summed E-state index contributed by atoms with van der Waals surface area (Å²) >= 11 is 6.22. The average Bonchev–Trinajstić information content (AvgIpc) is 2.90. The van der Waals surface area contributed by atoms with Crippen molar-refractivity contribution >= 4 is 23.4 Å². The molecule has 4 rings (SSSR count). The Balaban J connectivity index is 1.93. The first-order chi connectivity index (χ1) is 18.2. The van der Waals surface area contributed by atoms with Crippen molar-refractivity contribution in [3.8, 4) is 11.5 Å². The Morgan fingerprint density at radius 3 is 2.42 bits per heavy atom. The van der Waals surface area contributed by atoms with Gasteiger partial charge in [0.2, 0.25) is 5.56 Å².